The molecule has 0 aliphatic rings. The van der Waals surface area contributed by atoms with Crippen LogP contribution in [0.4, 0.5) is 10.1 Å². The average Bonchev–Trinajstić information content (AvgIpc) is 3.34. The van der Waals surface area contributed by atoms with E-state index in [1.54, 1.807) is 18.4 Å². The third kappa shape index (κ3) is 5.42. The number of hydrogen-bond donors (Lipinski definition) is 3. The monoisotopic (exact) mass is 498 g/mol. The fourth-order valence-corrected chi connectivity index (χ4v) is 4.71. The van der Waals surface area contributed by atoms with Crippen LogP contribution in [0.3, 0.4) is 0 Å². The SMILES string of the molecule is CN(C)[C@@H](CNC(=O)c1cc(=O)[nH]c2ccc(S(=O)(=O)Nc3ccc(F)cc3)cc12)c1ccco1. The number of rotatable bonds is 8. The van der Waals surface area contributed by atoms with Crippen molar-refractivity contribution in [2.45, 2.75) is 10.9 Å². The highest BCUT2D eigenvalue weighted by atomic mass is 32.2. The van der Waals surface area contributed by atoms with Gasteiger partial charge in [0.15, 0.2) is 0 Å². The zero-order chi connectivity index (χ0) is 25.2. The summed E-state index contributed by atoms with van der Waals surface area (Å²) in [5.74, 6) is -0.381. The van der Waals surface area contributed by atoms with E-state index in [-0.39, 0.29) is 34.1 Å². The van der Waals surface area contributed by atoms with Gasteiger partial charge in [-0.05, 0) is 68.7 Å². The zero-order valence-electron chi connectivity index (χ0n) is 18.9. The van der Waals surface area contributed by atoms with Gasteiger partial charge in [0, 0.05) is 29.2 Å². The van der Waals surface area contributed by atoms with Crippen LogP contribution in [0.15, 0.2) is 81.0 Å². The van der Waals surface area contributed by atoms with E-state index in [0.717, 1.165) is 18.2 Å². The Morgan fingerprint density at radius 3 is 2.51 bits per heavy atom. The van der Waals surface area contributed by atoms with Crippen LogP contribution in [0.1, 0.15) is 22.2 Å². The predicted molar refractivity (Wildman–Crippen MR) is 129 cm³/mol. The molecule has 2 aromatic heterocycles. The fraction of sp³-hybridized carbons (Fsp3) is 0.167. The number of nitrogens with zero attached hydrogens (tertiary/aromatic N) is 1. The Balaban J connectivity index is 1.65. The summed E-state index contributed by atoms with van der Waals surface area (Å²) in [6, 6.07) is 13.3. The first kappa shape index (κ1) is 24.2. The molecule has 0 radical (unpaired) electrons. The maximum absolute atomic E-state index is 13.2. The lowest BCUT2D eigenvalue weighted by molar-refractivity contribution is 0.0940. The molecule has 2 aromatic carbocycles. The number of likely N-dealkylation sites (N-methyl/N-ethyl adjacent to an activating group) is 1. The number of aromatic nitrogens is 1. The molecule has 0 spiro atoms. The molecule has 1 atom stereocenters. The number of fused-ring (bicyclic) bond motifs is 1. The Labute approximate surface area is 200 Å². The van der Waals surface area contributed by atoms with E-state index in [1.807, 2.05) is 19.0 Å². The Hall–Kier alpha value is -3.96. The number of H-pyrrole nitrogens is 1. The molecular weight excluding hydrogens is 475 g/mol. The molecule has 35 heavy (non-hydrogen) atoms. The number of anilines is 1. The molecule has 1 amide bonds. The number of amides is 1. The van der Waals surface area contributed by atoms with Crippen LogP contribution in [0.5, 0.6) is 0 Å². The van der Waals surface area contributed by atoms with Crippen LogP contribution < -0.4 is 15.6 Å². The molecule has 0 fully saturated rings. The number of halogens is 1. The summed E-state index contributed by atoms with van der Waals surface area (Å²) in [6.45, 7) is 0.192. The lowest BCUT2D eigenvalue weighted by Crippen LogP contribution is -2.34. The Morgan fingerprint density at radius 2 is 1.86 bits per heavy atom. The molecule has 11 heteroatoms. The van der Waals surface area contributed by atoms with Gasteiger partial charge in [-0.15, -0.1) is 0 Å². The minimum absolute atomic E-state index is 0.0273. The second-order valence-electron chi connectivity index (χ2n) is 8.07. The van der Waals surface area contributed by atoms with Gasteiger partial charge in [0.1, 0.15) is 11.6 Å². The van der Waals surface area contributed by atoms with Gasteiger partial charge in [-0.25, -0.2) is 12.8 Å². The van der Waals surface area contributed by atoms with Crippen molar-refractivity contribution in [1.82, 2.24) is 15.2 Å². The molecule has 9 nitrogen and oxygen atoms in total. The summed E-state index contributed by atoms with van der Waals surface area (Å²) >= 11 is 0. The summed E-state index contributed by atoms with van der Waals surface area (Å²) in [5.41, 5.74) is 0.00887. The summed E-state index contributed by atoms with van der Waals surface area (Å²) in [4.78, 5) is 29.6. The molecule has 0 saturated carbocycles. The fourth-order valence-electron chi connectivity index (χ4n) is 3.62. The number of furan rings is 1. The first-order chi connectivity index (χ1) is 16.6. The van der Waals surface area contributed by atoms with Crippen LogP contribution in [-0.2, 0) is 10.0 Å². The van der Waals surface area contributed by atoms with Gasteiger partial charge in [0.05, 0.1) is 22.8 Å². The summed E-state index contributed by atoms with van der Waals surface area (Å²) < 4.78 is 46.8. The van der Waals surface area contributed by atoms with Crippen molar-refractivity contribution >= 4 is 32.5 Å². The van der Waals surface area contributed by atoms with E-state index in [0.29, 0.717) is 11.3 Å². The molecule has 182 valence electrons. The first-order valence-corrected chi connectivity index (χ1v) is 12.1. The van der Waals surface area contributed by atoms with Crippen molar-refractivity contribution in [1.29, 1.82) is 0 Å². The molecule has 2 heterocycles. The van der Waals surface area contributed by atoms with Gasteiger partial charge < -0.3 is 14.7 Å². The predicted octanol–water partition coefficient (Wildman–Crippen LogP) is 3.09. The van der Waals surface area contributed by atoms with E-state index in [9.17, 15) is 22.4 Å². The molecule has 4 rings (SSSR count). The molecule has 0 aliphatic heterocycles. The topological polar surface area (TPSA) is 125 Å². The van der Waals surface area contributed by atoms with Gasteiger partial charge in [-0.1, -0.05) is 0 Å². The smallest absolute Gasteiger partial charge is 0.261 e. The van der Waals surface area contributed by atoms with Crippen LogP contribution in [0.25, 0.3) is 10.9 Å². The number of hydrogen-bond acceptors (Lipinski definition) is 6. The zero-order valence-corrected chi connectivity index (χ0v) is 19.7. The van der Waals surface area contributed by atoms with Crippen molar-refractivity contribution in [3.05, 3.63) is 94.4 Å². The number of carbonyl (C=O) groups excluding carboxylic acids is 1. The standard InChI is InChI=1S/C24H23FN4O5S/c1-29(2)21(22-4-3-11-34-22)14-26-24(31)19-13-23(30)27-20-10-9-17(12-18(19)20)35(32,33)28-16-7-5-15(25)6-8-16/h3-13,21,28H,14H2,1-2H3,(H,26,31)(H,27,30)/t21-/m0/s1. The minimum Gasteiger partial charge on any atom is -0.468 e. The van der Waals surface area contributed by atoms with Crippen molar-refractivity contribution in [2.24, 2.45) is 0 Å². The number of aromatic amines is 1. The number of sulfonamides is 1. The quantitative estimate of drug-likeness (QED) is 0.343. The van der Waals surface area contributed by atoms with Gasteiger partial charge >= 0.3 is 0 Å². The lowest BCUT2D eigenvalue weighted by atomic mass is 10.1. The van der Waals surface area contributed by atoms with Crippen molar-refractivity contribution in [2.75, 3.05) is 25.4 Å². The molecule has 0 saturated heterocycles. The lowest BCUT2D eigenvalue weighted by Gasteiger charge is -2.22. The van der Waals surface area contributed by atoms with Crippen LogP contribution >= 0.6 is 0 Å². The highest BCUT2D eigenvalue weighted by molar-refractivity contribution is 7.92. The van der Waals surface area contributed by atoms with Gasteiger partial charge in [0.25, 0.3) is 15.9 Å². The van der Waals surface area contributed by atoms with Gasteiger partial charge in [0.2, 0.25) is 5.56 Å². The summed E-state index contributed by atoms with van der Waals surface area (Å²) in [5, 5.41) is 3.05. The number of nitrogens with one attached hydrogen (secondary N) is 3. The second kappa shape index (κ2) is 9.72. The van der Waals surface area contributed by atoms with Crippen molar-refractivity contribution < 1.29 is 22.0 Å². The van der Waals surface area contributed by atoms with Crippen molar-refractivity contribution in [3.8, 4) is 0 Å². The number of pyridine rings is 1. The van der Waals surface area contributed by atoms with E-state index < -0.39 is 27.3 Å². The Bertz CT molecular complexity index is 1510. The molecule has 0 aliphatic carbocycles. The van der Waals surface area contributed by atoms with Crippen molar-refractivity contribution in [3.63, 3.8) is 0 Å². The third-order valence-electron chi connectivity index (χ3n) is 5.42. The highest BCUT2D eigenvalue weighted by Gasteiger charge is 2.21. The molecule has 0 bridgehead atoms. The molecule has 4 aromatic rings. The Kier molecular flexibility index (Phi) is 6.72. The Morgan fingerprint density at radius 1 is 1.11 bits per heavy atom. The summed E-state index contributed by atoms with van der Waals surface area (Å²) in [6.07, 6.45) is 1.54. The highest BCUT2D eigenvalue weighted by Crippen LogP contribution is 2.23. The maximum Gasteiger partial charge on any atom is 0.261 e. The summed E-state index contributed by atoms with van der Waals surface area (Å²) in [7, 11) is -0.371. The third-order valence-corrected chi connectivity index (χ3v) is 6.80. The molecule has 0 unspecified atom stereocenters. The average molecular weight is 499 g/mol. The van der Waals surface area contributed by atoms with Crippen LogP contribution in [0.2, 0.25) is 0 Å². The molecular formula is C24H23FN4O5S. The second-order valence-corrected chi connectivity index (χ2v) is 9.75. The molecule has 3 N–H and O–H groups in total. The van der Waals surface area contributed by atoms with Crippen LogP contribution in [-0.4, -0.2) is 44.8 Å². The first-order valence-electron chi connectivity index (χ1n) is 10.6. The maximum atomic E-state index is 13.2. The van der Waals surface area contributed by atoms with E-state index in [1.165, 1.54) is 30.3 Å². The number of carbonyl (C=O) groups is 1. The largest absolute Gasteiger partial charge is 0.468 e. The van der Waals surface area contributed by atoms with Crippen LogP contribution in [0, 0.1) is 5.82 Å². The van der Waals surface area contributed by atoms with Gasteiger partial charge in [-0.3, -0.25) is 19.2 Å². The van der Waals surface area contributed by atoms with E-state index in [2.05, 4.69) is 15.0 Å². The minimum atomic E-state index is -4.05. The van der Waals surface area contributed by atoms with Gasteiger partial charge in [-0.2, -0.15) is 0 Å². The number of benzene rings is 2. The normalized spacial score (nSPS) is 12.6. The van der Waals surface area contributed by atoms with E-state index in [4.69, 9.17) is 4.42 Å². The van der Waals surface area contributed by atoms with E-state index >= 15 is 0 Å².